The average Bonchev–Trinajstić information content (AvgIpc) is 1.55. The van der Waals surface area contributed by atoms with E-state index in [0.29, 0.717) is 17.8 Å². The summed E-state index contributed by atoms with van der Waals surface area (Å²) in [7, 11) is -1.43. The van der Waals surface area contributed by atoms with Crippen LogP contribution in [0, 0.1) is 13.8 Å². The Morgan fingerprint density at radius 2 is 0.543 bits per heavy atom. The van der Waals surface area contributed by atoms with Gasteiger partial charge in [0.15, 0.2) is 0 Å². The molecule has 1 heteroatoms. The molecule has 0 aliphatic heterocycles. The number of rotatable bonds is 25. The van der Waals surface area contributed by atoms with Crippen LogP contribution in [0.3, 0.4) is 0 Å². The summed E-state index contributed by atoms with van der Waals surface area (Å²) < 4.78 is 0. The summed E-state index contributed by atoms with van der Waals surface area (Å²) in [6.45, 7) is 44.9. The van der Waals surface area contributed by atoms with Crippen LogP contribution in [0.1, 0.15) is 221 Å². The Kier molecular flexibility index (Phi) is 25.9. The second-order valence-corrected chi connectivity index (χ2v) is 43.7. The fourth-order valence-corrected chi connectivity index (χ4v) is 21.9. The number of hydrogen-bond donors (Lipinski definition) is 0. The van der Waals surface area contributed by atoms with Gasteiger partial charge in [-0.25, -0.2) is 0 Å². The highest BCUT2D eigenvalue weighted by Crippen LogP contribution is 2.61. The van der Waals surface area contributed by atoms with Crippen molar-refractivity contribution in [2.24, 2.45) is 0 Å². The molecule has 15 aromatic carbocycles. The molecule has 0 aromatic heterocycles. The molecule has 3 aliphatic rings. The van der Waals surface area contributed by atoms with Crippen molar-refractivity contribution < 1.29 is 0 Å². The number of fused-ring (bicyclic) bond motifs is 9. The van der Waals surface area contributed by atoms with Crippen molar-refractivity contribution in [1.29, 1.82) is 0 Å². The van der Waals surface area contributed by atoms with Gasteiger partial charge < -0.3 is 0 Å². The summed E-state index contributed by atoms with van der Waals surface area (Å²) in [5.74, 6) is 1.73. The lowest BCUT2D eigenvalue weighted by Gasteiger charge is -2.35. The normalized spacial score (nSPS) is 16.3. The van der Waals surface area contributed by atoms with E-state index in [1.54, 1.807) is 0 Å². The maximum Gasteiger partial charge on any atom is 0.0775 e. The first-order valence-corrected chi connectivity index (χ1v) is 50.5. The molecule has 0 heterocycles. The summed E-state index contributed by atoms with van der Waals surface area (Å²) in [6.07, 6.45) is 15.5. The minimum absolute atomic E-state index is 0.105. The molecule has 0 radical (unpaired) electrons. The summed E-state index contributed by atoms with van der Waals surface area (Å²) in [4.78, 5) is 0. The van der Waals surface area contributed by atoms with Gasteiger partial charge in [0.2, 0.25) is 0 Å². The zero-order valence-electron chi connectivity index (χ0n) is 77.8. The van der Waals surface area contributed by atoms with Crippen molar-refractivity contribution in [3.63, 3.8) is 0 Å². The molecule has 0 spiro atoms. The van der Waals surface area contributed by atoms with Gasteiger partial charge in [0.05, 0.1) is 8.07 Å². The number of benzene rings is 15. The Morgan fingerprint density at radius 3 is 0.811 bits per heavy atom. The first-order valence-electron chi connectivity index (χ1n) is 47.0. The SMILES string of the molecule is C=CCCC1(c2cc(C)ccc2C)c2cc(-c3ccccc3)ccc2-c2ccc(-c3ccc(C(C)CC)cc3)cc21.C=CCCC1(c2ccc(C(C)(C)C)cc2)c2cc(-c3ccccc3)ccc2-c2ccc(-c3ccc(C(C)CC)cc3)cc21.C=CCCC1(c2ccc([Si](C)(C)C)cc2)c2cc(-c3ccccc3)ccc2-c2ccc(-c3ccc(C(C)CC)cc3)cc21. The molecule has 0 bridgehead atoms. The van der Waals surface area contributed by atoms with Crippen LogP contribution < -0.4 is 5.19 Å². The van der Waals surface area contributed by atoms with Gasteiger partial charge in [-0.3, -0.25) is 0 Å². The van der Waals surface area contributed by atoms with Gasteiger partial charge in [0, 0.05) is 16.2 Å². The molecule has 6 atom stereocenters. The van der Waals surface area contributed by atoms with Gasteiger partial charge >= 0.3 is 0 Å². The van der Waals surface area contributed by atoms with Gasteiger partial charge in [0.1, 0.15) is 0 Å². The monoisotopic (exact) mass is 1670 g/mol. The van der Waals surface area contributed by atoms with Crippen LogP contribution in [-0.4, -0.2) is 8.07 Å². The van der Waals surface area contributed by atoms with Crippen LogP contribution in [0.25, 0.3) is 100 Å². The first kappa shape index (κ1) is 88.2. The Balaban J connectivity index is 0.000000140. The Morgan fingerprint density at radius 1 is 0.283 bits per heavy atom. The van der Waals surface area contributed by atoms with Crippen LogP contribution in [0.15, 0.2) is 378 Å². The summed E-state index contributed by atoms with van der Waals surface area (Å²) in [5.41, 5.74) is 43.5. The van der Waals surface area contributed by atoms with Crippen molar-refractivity contribution in [1.82, 2.24) is 0 Å². The minimum Gasteiger partial charge on any atom is -0.103 e. The van der Waals surface area contributed by atoms with E-state index < -0.39 is 8.07 Å². The maximum atomic E-state index is 4.17. The number of aryl methyl sites for hydroxylation is 2. The van der Waals surface area contributed by atoms with E-state index in [2.05, 4.69) is 473 Å². The molecule has 18 rings (SSSR count). The highest BCUT2D eigenvalue weighted by molar-refractivity contribution is 6.88. The van der Waals surface area contributed by atoms with Crippen LogP contribution in [0.2, 0.25) is 19.6 Å². The average molecular weight is 1670 g/mol. The van der Waals surface area contributed by atoms with E-state index in [0.717, 1.165) is 57.8 Å². The quantitative estimate of drug-likeness (QED) is 0.0395. The summed E-state index contributed by atoms with van der Waals surface area (Å²) in [5, 5.41) is 1.50. The standard InChI is InChI=1S/C43H44.C42H44Si.C41H40/c1-7-9-27-43(37-23-21-36(22-24-37)42(4,5)6)40-28-34(32-13-11-10-12-14-32)19-25-38(40)39-26-20-35(29-41(39)43)33-17-15-31(16-18-33)30(3)8-2;1-7-9-27-42(36-21-23-37(24-22-36)43(4,5)6)40-28-34(32-13-11-10-12-14-32)19-25-38(40)39-26-20-35(29-41(39)42)33-17-15-31(16-18-33)30(3)8-2;1-6-8-24-41(38-25-28(3)14-15-30(38)5)39-26-34(32-12-10-9-11-13-32)20-22-36(39)37-23-21-35(27-40(37)41)33-18-16-31(17-19-33)29(4)7-2/h2*7,10-26,28-30H,1,8-9,27H2,2-6H3;6,9-23,25-27,29H,1,7-8,24H2,2-5H3. The molecule has 3 aliphatic carbocycles. The Hall–Kier alpha value is -12.3. The topological polar surface area (TPSA) is 0 Å². The van der Waals surface area contributed by atoms with Crippen molar-refractivity contribution in [2.45, 2.75) is 193 Å². The Labute approximate surface area is 762 Å². The van der Waals surface area contributed by atoms with Crippen LogP contribution >= 0.6 is 0 Å². The van der Waals surface area contributed by atoms with Crippen LogP contribution in [0.5, 0.6) is 0 Å². The zero-order chi connectivity index (χ0) is 88.9. The molecule has 0 nitrogen and oxygen atoms in total. The largest absolute Gasteiger partial charge is 0.103 e. The minimum atomic E-state index is -1.43. The fraction of sp³-hybridized carbons (Fsp3) is 0.238. The van der Waals surface area contributed by atoms with Gasteiger partial charge in [0.25, 0.3) is 0 Å². The summed E-state index contributed by atoms with van der Waals surface area (Å²) >= 11 is 0. The van der Waals surface area contributed by atoms with E-state index in [4.69, 9.17) is 0 Å². The van der Waals surface area contributed by atoms with Crippen molar-refractivity contribution in [3.8, 4) is 100 Å². The molecule has 0 amide bonds. The lowest BCUT2D eigenvalue weighted by Crippen LogP contribution is -2.38. The molecule has 0 saturated carbocycles. The van der Waals surface area contributed by atoms with Crippen LogP contribution in [0.4, 0.5) is 0 Å². The fourth-order valence-electron chi connectivity index (χ4n) is 20.7. The van der Waals surface area contributed by atoms with Crippen LogP contribution in [-0.2, 0) is 21.7 Å². The predicted molar refractivity (Wildman–Crippen MR) is 553 cm³/mol. The van der Waals surface area contributed by atoms with Gasteiger partial charge in [-0.05, 0) is 309 Å². The first-order chi connectivity index (χ1) is 61.5. The van der Waals surface area contributed by atoms with Gasteiger partial charge in [-0.15, -0.1) is 19.7 Å². The molecular formula is C126H128Si. The molecule has 0 saturated heterocycles. The van der Waals surface area contributed by atoms with E-state index in [1.807, 2.05) is 0 Å². The van der Waals surface area contributed by atoms with E-state index in [-0.39, 0.29) is 21.7 Å². The van der Waals surface area contributed by atoms with Crippen molar-refractivity contribution in [2.75, 3.05) is 0 Å². The third kappa shape index (κ3) is 17.2. The van der Waals surface area contributed by atoms with Gasteiger partial charge in [-0.1, -0.05) is 414 Å². The second-order valence-electron chi connectivity index (χ2n) is 38.6. The maximum absolute atomic E-state index is 4.17. The molecule has 0 N–H and O–H groups in total. The highest BCUT2D eigenvalue weighted by atomic mass is 28.3. The molecular weight excluding hydrogens is 1540 g/mol. The summed E-state index contributed by atoms with van der Waals surface area (Å²) in [6, 6.07) is 129. The third-order valence-electron chi connectivity index (χ3n) is 28.9. The van der Waals surface area contributed by atoms with Gasteiger partial charge in [-0.2, -0.15) is 0 Å². The molecule has 6 unspecified atom stereocenters. The lowest BCUT2D eigenvalue weighted by molar-refractivity contribution is 0.572. The van der Waals surface area contributed by atoms with E-state index in [9.17, 15) is 0 Å². The highest BCUT2D eigenvalue weighted by Gasteiger charge is 2.48. The zero-order valence-corrected chi connectivity index (χ0v) is 78.8. The molecule has 15 aromatic rings. The van der Waals surface area contributed by atoms with E-state index >= 15 is 0 Å². The molecule has 0 fully saturated rings. The second kappa shape index (κ2) is 37.3. The smallest absolute Gasteiger partial charge is 0.0775 e. The number of allylic oxidation sites excluding steroid dienone is 3. The lowest BCUT2D eigenvalue weighted by atomic mass is 9.67. The molecule has 636 valence electrons. The molecule has 127 heavy (non-hydrogen) atoms. The van der Waals surface area contributed by atoms with Crippen molar-refractivity contribution in [3.05, 3.63) is 461 Å². The number of hydrogen-bond acceptors (Lipinski definition) is 0. The van der Waals surface area contributed by atoms with E-state index in [1.165, 1.54) is 189 Å². The predicted octanol–water partition coefficient (Wildman–Crippen LogP) is 34.9. The Bertz CT molecular complexity index is 6160. The third-order valence-corrected chi connectivity index (χ3v) is 30.9. The van der Waals surface area contributed by atoms with Crippen molar-refractivity contribution >= 4 is 13.3 Å².